The zero-order valence-electron chi connectivity index (χ0n) is 8.31. The molecule has 82 valence electrons. The first-order valence-corrected chi connectivity index (χ1v) is 6.98. The van der Waals surface area contributed by atoms with Gasteiger partial charge in [-0.3, -0.25) is 0 Å². The van der Waals surface area contributed by atoms with Crippen molar-refractivity contribution in [3.63, 3.8) is 0 Å². The van der Waals surface area contributed by atoms with Crippen LogP contribution in [0.5, 0.6) is 0 Å². The average Bonchev–Trinajstić information content (AvgIpc) is 2.74. The second-order valence-corrected chi connectivity index (χ2v) is 6.58. The van der Waals surface area contributed by atoms with Crippen LogP contribution in [0.4, 0.5) is 0 Å². The summed E-state index contributed by atoms with van der Waals surface area (Å²) >= 11 is 0. The molecule has 2 N–H and O–H groups in total. The molecular weight excluding hydrogens is 202 g/mol. The van der Waals surface area contributed by atoms with Crippen LogP contribution in [0.25, 0.3) is 0 Å². The summed E-state index contributed by atoms with van der Waals surface area (Å²) in [5.74, 6) is 0.709. The van der Waals surface area contributed by atoms with E-state index in [1.807, 2.05) is 0 Å². The standard InChI is InChI=1S/C9H17NO3S/c1-2-6-3-7(6)10-8-4-14(12,13)5-9(8)11/h6-11H,2-5H2,1H3. The van der Waals surface area contributed by atoms with Gasteiger partial charge in [-0.05, 0) is 12.3 Å². The van der Waals surface area contributed by atoms with Crippen LogP contribution in [0.2, 0.25) is 0 Å². The summed E-state index contributed by atoms with van der Waals surface area (Å²) in [5.41, 5.74) is 0. The smallest absolute Gasteiger partial charge is 0.154 e. The van der Waals surface area contributed by atoms with E-state index in [0.717, 1.165) is 12.8 Å². The van der Waals surface area contributed by atoms with E-state index in [-0.39, 0.29) is 17.5 Å². The van der Waals surface area contributed by atoms with Gasteiger partial charge in [-0.15, -0.1) is 0 Å². The maximum absolute atomic E-state index is 11.2. The molecule has 0 amide bonds. The Kier molecular flexibility index (Phi) is 2.57. The van der Waals surface area contributed by atoms with Crippen molar-refractivity contribution in [3.8, 4) is 0 Å². The molecule has 2 aliphatic rings. The van der Waals surface area contributed by atoms with E-state index >= 15 is 0 Å². The van der Waals surface area contributed by atoms with Crippen LogP contribution >= 0.6 is 0 Å². The number of aliphatic hydroxyl groups excluding tert-OH is 1. The lowest BCUT2D eigenvalue weighted by Gasteiger charge is -2.14. The highest BCUT2D eigenvalue weighted by molar-refractivity contribution is 7.91. The Morgan fingerprint density at radius 3 is 2.50 bits per heavy atom. The van der Waals surface area contributed by atoms with Gasteiger partial charge in [0.15, 0.2) is 9.84 Å². The third kappa shape index (κ3) is 2.10. The fourth-order valence-corrected chi connectivity index (χ4v) is 3.92. The Morgan fingerprint density at radius 1 is 1.36 bits per heavy atom. The van der Waals surface area contributed by atoms with Crippen LogP contribution in [-0.4, -0.2) is 43.2 Å². The van der Waals surface area contributed by atoms with Crippen LogP contribution in [0.3, 0.4) is 0 Å². The molecule has 2 fully saturated rings. The van der Waals surface area contributed by atoms with Crippen LogP contribution in [0, 0.1) is 5.92 Å². The van der Waals surface area contributed by atoms with Crippen molar-refractivity contribution < 1.29 is 13.5 Å². The zero-order valence-corrected chi connectivity index (χ0v) is 9.13. The van der Waals surface area contributed by atoms with Gasteiger partial charge in [-0.25, -0.2) is 8.42 Å². The molecule has 0 spiro atoms. The van der Waals surface area contributed by atoms with Gasteiger partial charge in [0.1, 0.15) is 0 Å². The largest absolute Gasteiger partial charge is 0.390 e. The summed E-state index contributed by atoms with van der Waals surface area (Å²) in [6.07, 6.45) is 1.55. The third-order valence-corrected chi connectivity index (χ3v) is 4.91. The van der Waals surface area contributed by atoms with Crippen molar-refractivity contribution in [3.05, 3.63) is 0 Å². The van der Waals surface area contributed by atoms with Gasteiger partial charge < -0.3 is 10.4 Å². The predicted octanol–water partition coefficient (Wildman–Crippen LogP) is -0.468. The van der Waals surface area contributed by atoms with E-state index in [0.29, 0.717) is 12.0 Å². The second kappa shape index (κ2) is 3.47. The summed E-state index contributed by atoms with van der Waals surface area (Å²) in [6.45, 7) is 2.13. The molecule has 0 aromatic rings. The molecule has 0 aromatic carbocycles. The van der Waals surface area contributed by atoms with Gasteiger partial charge in [0.2, 0.25) is 0 Å². The Bertz CT molecular complexity index is 314. The van der Waals surface area contributed by atoms with E-state index in [9.17, 15) is 13.5 Å². The van der Waals surface area contributed by atoms with E-state index in [1.165, 1.54) is 0 Å². The topological polar surface area (TPSA) is 66.4 Å². The molecule has 0 aromatic heterocycles. The van der Waals surface area contributed by atoms with Crippen molar-refractivity contribution >= 4 is 9.84 Å². The van der Waals surface area contributed by atoms with Gasteiger partial charge >= 0.3 is 0 Å². The van der Waals surface area contributed by atoms with Gasteiger partial charge in [0.25, 0.3) is 0 Å². The van der Waals surface area contributed by atoms with Gasteiger partial charge in [-0.1, -0.05) is 13.3 Å². The molecule has 0 radical (unpaired) electrons. The Hall–Kier alpha value is -0.130. The number of rotatable bonds is 3. The van der Waals surface area contributed by atoms with Gasteiger partial charge in [0.05, 0.1) is 17.6 Å². The molecule has 4 unspecified atom stereocenters. The summed E-state index contributed by atoms with van der Waals surface area (Å²) in [7, 11) is -3.00. The minimum Gasteiger partial charge on any atom is -0.390 e. The number of aliphatic hydroxyl groups is 1. The first kappa shape index (κ1) is 10.4. The van der Waals surface area contributed by atoms with Crippen LogP contribution in [0.15, 0.2) is 0 Å². The van der Waals surface area contributed by atoms with E-state index < -0.39 is 15.9 Å². The fraction of sp³-hybridized carbons (Fsp3) is 1.00. The first-order valence-electron chi connectivity index (χ1n) is 5.16. The van der Waals surface area contributed by atoms with Gasteiger partial charge in [0, 0.05) is 12.1 Å². The molecule has 4 nitrogen and oxygen atoms in total. The minimum atomic E-state index is -3.00. The summed E-state index contributed by atoms with van der Waals surface area (Å²) in [6, 6.07) is 0.203. The molecule has 1 saturated heterocycles. The molecule has 1 aliphatic carbocycles. The number of sulfone groups is 1. The van der Waals surface area contributed by atoms with Gasteiger partial charge in [-0.2, -0.15) is 0 Å². The van der Waals surface area contributed by atoms with Crippen LogP contribution < -0.4 is 5.32 Å². The zero-order chi connectivity index (χ0) is 10.3. The molecule has 4 atom stereocenters. The third-order valence-electron chi connectivity index (χ3n) is 3.20. The van der Waals surface area contributed by atoms with Crippen molar-refractivity contribution in [2.75, 3.05) is 11.5 Å². The van der Waals surface area contributed by atoms with Crippen molar-refractivity contribution in [1.29, 1.82) is 0 Å². The Morgan fingerprint density at radius 2 is 2.07 bits per heavy atom. The lowest BCUT2D eigenvalue weighted by atomic mass is 10.2. The highest BCUT2D eigenvalue weighted by Gasteiger charge is 2.42. The monoisotopic (exact) mass is 219 g/mol. The normalized spacial score (nSPS) is 45.3. The summed E-state index contributed by atoms with van der Waals surface area (Å²) in [5, 5.41) is 12.7. The molecule has 1 saturated carbocycles. The van der Waals surface area contributed by atoms with E-state index in [1.54, 1.807) is 0 Å². The predicted molar refractivity (Wildman–Crippen MR) is 53.8 cm³/mol. The number of hydrogen-bond donors (Lipinski definition) is 2. The lowest BCUT2D eigenvalue weighted by Crippen LogP contribution is -2.40. The molecule has 1 heterocycles. The fourth-order valence-electron chi connectivity index (χ4n) is 2.17. The van der Waals surface area contributed by atoms with Crippen molar-refractivity contribution in [1.82, 2.24) is 5.32 Å². The average molecular weight is 219 g/mol. The first-order chi connectivity index (χ1) is 6.52. The molecule has 1 aliphatic heterocycles. The molecule has 0 bridgehead atoms. The molecule has 2 rings (SSSR count). The maximum atomic E-state index is 11.2. The van der Waals surface area contributed by atoms with E-state index in [2.05, 4.69) is 12.2 Å². The molecular formula is C9H17NO3S. The van der Waals surface area contributed by atoms with Crippen LogP contribution in [-0.2, 0) is 9.84 Å². The lowest BCUT2D eigenvalue weighted by molar-refractivity contribution is 0.164. The van der Waals surface area contributed by atoms with Crippen LogP contribution in [0.1, 0.15) is 19.8 Å². The Balaban J connectivity index is 1.88. The molecule has 14 heavy (non-hydrogen) atoms. The van der Waals surface area contributed by atoms with E-state index in [4.69, 9.17) is 0 Å². The number of hydrogen-bond acceptors (Lipinski definition) is 4. The quantitative estimate of drug-likeness (QED) is 0.673. The highest BCUT2D eigenvalue weighted by atomic mass is 32.2. The highest BCUT2D eigenvalue weighted by Crippen LogP contribution is 2.34. The Labute approximate surface area is 84.6 Å². The second-order valence-electron chi connectivity index (χ2n) is 4.43. The van der Waals surface area contributed by atoms with Crippen molar-refractivity contribution in [2.24, 2.45) is 5.92 Å². The number of nitrogens with one attached hydrogen (secondary N) is 1. The molecule has 5 heteroatoms. The summed E-state index contributed by atoms with van der Waals surface area (Å²) in [4.78, 5) is 0. The maximum Gasteiger partial charge on any atom is 0.154 e. The SMILES string of the molecule is CCC1CC1NC1CS(=O)(=O)CC1O. The minimum absolute atomic E-state index is 0.0752. The summed E-state index contributed by atoms with van der Waals surface area (Å²) < 4.78 is 22.4. The van der Waals surface area contributed by atoms with Crippen molar-refractivity contribution in [2.45, 2.75) is 38.0 Å².